The van der Waals surface area contributed by atoms with Crippen LogP contribution in [-0.4, -0.2) is 21.9 Å². The van der Waals surface area contributed by atoms with Gasteiger partial charge in [0.05, 0.1) is 0 Å². The first-order valence-corrected chi connectivity index (χ1v) is 7.37. The van der Waals surface area contributed by atoms with Gasteiger partial charge in [-0.25, -0.2) is 0 Å². The number of fused-ring (bicyclic) bond motifs is 6. The average molecular weight is 290 g/mol. The van der Waals surface area contributed by atoms with Crippen LogP contribution in [0.3, 0.4) is 0 Å². The number of epoxide rings is 1. The first-order chi connectivity index (χ1) is 10.6. The van der Waals surface area contributed by atoms with Gasteiger partial charge in [0.25, 0.3) is 0 Å². The molecule has 108 valence electrons. The van der Waals surface area contributed by atoms with Crippen molar-refractivity contribution in [1.82, 2.24) is 0 Å². The van der Waals surface area contributed by atoms with Crippen molar-refractivity contribution < 1.29 is 14.9 Å². The van der Waals surface area contributed by atoms with Crippen molar-refractivity contribution in [3.05, 3.63) is 59.0 Å². The summed E-state index contributed by atoms with van der Waals surface area (Å²) in [6, 6.07) is 16.3. The molecular formula is C19H14O3. The summed E-state index contributed by atoms with van der Waals surface area (Å²) < 4.78 is 5.60. The lowest BCUT2D eigenvalue weighted by atomic mass is 9.90. The summed E-state index contributed by atoms with van der Waals surface area (Å²) >= 11 is 0. The standard InChI is InChI=1S/C19H14O3/c1-19-17(21)16(20)15-13-7-6-10-4-2-3-5-11(10)12(13)8-9-14(15)18(19)22-19/h2-9,17,20-21H,1H3. The lowest BCUT2D eigenvalue weighted by Gasteiger charge is -2.16. The molecule has 22 heavy (non-hydrogen) atoms. The van der Waals surface area contributed by atoms with E-state index in [1.165, 1.54) is 0 Å². The summed E-state index contributed by atoms with van der Waals surface area (Å²) in [6.07, 6.45) is -1.01. The first-order valence-electron chi connectivity index (χ1n) is 7.37. The number of aliphatic hydroxyl groups is 2. The van der Waals surface area contributed by atoms with Gasteiger partial charge in [-0.05, 0) is 28.5 Å². The second-order valence-electron chi connectivity index (χ2n) is 6.20. The molecule has 2 unspecified atom stereocenters. The lowest BCUT2D eigenvalue weighted by Crippen LogP contribution is -2.42. The highest BCUT2D eigenvalue weighted by Gasteiger charge is 2.58. The Balaban J connectivity index is 2.07. The number of hydrogen-bond donors (Lipinski definition) is 2. The molecule has 3 heteroatoms. The van der Waals surface area contributed by atoms with Gasteiger partial charge in [-0.15, -0.1) is 0 Å². The molecule has 3 nitrogen and oxygen atoms in total. The fourth-order valence-electron chi connectivity index (χ4n) is 3.64. The zero-order valence-corrected chi connectivity index (χ0v) is 12.0. The molecule has 0 saturated carbocycles. The predicted molar refractivity (Wildman–Crippen MR) is 85.6 cm³/mol. The number of rotatable bonds is 0. The topological polar surface area (TPSA) is 53.0 Å². The molecule has 1 saturated heterocycles. The second-order valence-corrected chi connectivity index (χ2v) is 6.20. The molecular weight excluding hydrogens is 276 g/mol. The second kappa shape index (κ2) is 3.62. The van der Waals surface area contributed by atoms with Crippen molar-refractivity contribution in [2.45, 2.75) is 18.6 Å². The van der Waals surface area contributed by atoms with Gasteiger partial charge in [-0.3, -0.25) is 0 Å². The zero-order valence-electron chi connectivity index (χ0n) is 12.0. The Morgan fingerprint density at radius 3 is 2.59 bits per heavy atom. The highest BCUT2D eigenvalue weighted by molar-refractivity contribution is 6.08. The molecule has 0 amide bonds. The molecule has 3 aromatic rings. The molecule has 2 N–H and O–H groups in total. The molecule has 1 aliphatic heterocycles. The van der Waals surface area contributed by atoms with E-state index in [0.29, 0.717) is 5.22 Å². The maximum absolute atomic E-state index is 10.5. The molecule has 0 bridgehead atoms. The van der Waals surface area contributed by atoms with E-state index in [0.717, 1.165) is 32.5 Å². The Labute approximate surface area is 126 Å². The van der Waals surface area contributed by atoms with E-state index in [1.807, 2.05) is 30.3 Å². The van der Waals surface area contributed by atoms with Crippen molar-refractivity contribution in [1.29, 1.82) is 0 Å². The van der Waals surface area contributed by atoms with Gasteiger partial charge in [0.1, 0.15) is 5.76 Å². The maximum atomic E-state index is 10.5. The van der Waals surface area contributed by atoms with Crippen LogP contribution in [0.1, 0.15) is 6.92 Å². The third-order valence-corrected chi connectivity index (χ3v) is 4.93. The van der Waals surface area contributed by atoms with E-state index in [1.54, 1.807) is 6.92 Å². The first kappa shape index (κ1) is 12.1. The van der Waals surface area contributed by atoms with Gasteiger partial charge in [-0.1, -0.05) is 48.5 Å². The number of aliphatic hydroxyl groups excluding tert-OH is 2. The third kappa shape index (κ3) is 1.26. The van der Waals surface area contributed by atoms with Crippen molar-refractivity contribution in [3.8, 4) is 0 Å². The van der Waals surface area contributed by atoms with Gasteiger partial charge in [-0.2, -0.15) is 0 Å². The monoisotopic (exact) mass is 290 g/mol. The largest absolute Gasteiger partial charge is 0.509 e. The van der Waals surface area contributed by atoms with E-state index < -0.39 is 11.7 Å². The normalized spacial score (nSPS) is 25.8. The van der Waals surface area contributed by atoms with Crippen molar-refractivity contribution in [2.24, 2.45) is 0 Å². The molecule has 2 atom stereocenters. The molecule has 5 rings (SSSR count). The highest BCUT2D eigenvalue weighted by atomic mass is 16.6. The van der Waals surface area contributed by atoms with Crippen molar-refractivity contribution >= 4 is 33.1 Å². The molecule has 0 aromatic heterocycles. The summed E-state index contributed by atoms with van der Waals surface area (Å²) in [5, 5.41) is 26.8. The van der Waals surface area contributed by atoms with Crippen LogP contribution >= 0.6 is 0 Å². The van der Waals surface area contributed by atoms with E-state index in [2.05, 4.69) is 18.2 Å². The SMILES string of the molecule is CC12OC1=c1ccc3c(ccc4ccccc43)c1=C(O)C2O. The van der Waals surface area contributed by atoms with Gasteiger partial charge in [0.15, 0.2) is 17.5 Å². The number of hydrogen-bond acceptors (Lipinski definition) is 3. The van der Waals surface area contributed by atoms with Crippen molar-refractivity contribution in [3.63, 3.8) is 0 Å². The Morgan fingerprint density at radius 1 is 0.955 bits per heavy atom. The molecule has 1 heterocycles. The maximum Gasteiger partial charge on any atom is 0.196 e. The van der Waals surface area contributed by atoms with Gasteiger partial charge < -0.3 is 14.9 Å². The van der Waals surface area contributed by atoms with Crippen molar-refractivity contribution in [2.75, 3.05) is 0 Å². The van der Waals surface area contributed by atoms with E-state index in [4.69, 9.17) is 4.74 Å². The predicted octanol–water partition coefficient (Wildman–Crippen LogP) is 1.93. The number of ether oxygens (including phenoxy) is 1. The smallest absolute Gasteiger partial charge is 0.196 e. The van der Waals surface area contributed by atoms with Crippen LogP contribution < -0.4 is 10.4 Å². The summed E-state index contributed by atoms with van der Waals surface area (Å²) in [5.41, 5.74) is -0.762. The molecule has 0 spiro atoms. The molecule has 0 radical (unpaired) electrons. The van der Waals surface area contributed by atoms with Crippen LogP contribution in [0.4, 0.5) is 0 Å². The van der Waals surface area contributed by atoms with Gasteiger partial charge >= 0.3 is 0 Å². The minimum atomic E-state index is -1.01. The van der Waals surface area contributed by atoms with E-state index in [-0.39, 0.29) is 5.76 Å². The quantitative estimate of drug-likeness (QED) is 0.491. The Hall–Kier alpha value is -2.52. The lowest BCUT2D eigenvalue weighted by molar-refractivity contribution is 0.108. The van der Waals surface area contributed by atoms with E-state index in [9.17, 15) is 10.2 Å². The third-order valence-electron chi connectivity index (χ3n) is 4.93. The van der Waals surface area contributed by atoms with Crippen LogP contribution in [0.2, 0.25) is 0 Å². The summed E-state index contributed by atoms with van der Waals surface area (Å²) in [4.78, 5) is 0. The Morgan fingerprint density at radius 2 is 1.73 bits per heavy atom. The molecule has 3 aromatic carbocycles. The summed E-state index contributed by atoms with van der Waals surface area (Å²) in [7, 11) is 0. The minimum Gasteiger partial charge on any atom is -0.509 e. The summed E-state index contributed by atoms with van der Waals surface area (Å²) in [6.45, 7) is 1.80. The minimum absolute atomic E-state index is 0.000342. The highest BCUT2D eigenvalue weighted by Crippen LogP contribution is 2.47. The zero-order chi connectivity index (χ0) is 15.1. The number of benzene rings is 3. The van der Waals surface area contributed by atoms with Crippen LogP contribution in [0.25, 0.3) is 33.1 Å². The van der Waals surface area contributed by atoms with Crippen LogP contribution in [-0.2, 0) is 4.74 Å². The Bertz CT molecular complexity index is 1100. The van der Waals surface area contributed by atoms with Crippen LogP contribution in [0.15, 0.2) is 48.5 Å². The van der Waals surface area contributed by atoms with E-state index >= 15 is 0 Å². The fourth-order valence-corrected chi connectivity index (χ4v) is 3.64. The average Bonchev–Trinajstić information content (AvgIpc) is 3.25. The molecule has 1 aliphatic carbocycles. The molecule has 1 fully saturated rings. The Kier molecular flexibility index (Phi) is 1.99. The van der Waals surface area contributed by atoms with Gasteiger partial charge in [0.2, 0.25) is 0 Å². The summed E-state index contributed by atoms with van der Waals surface area (Å²) in [5.74, 6) is 0.766. The molecule has 2 aliphatic rings. The van der Waals surface area contributed by atoms with Crippen LogP contribution in [0, 0.1) is 0 Å². The van der Waals surface area contributed by atoms with Crippen LogP contribution in [0.5, 0.6) is 0 Å². The van der Waals surface area contributed by atoms with Gasteiger partial charge in [0, 0.05) is 10.4 Å². The fraction of sp³-hybridized carbons (Fsp3) is 0.158.